The Kier molecular flexibility index (Phi) is 9.02. The van der Waals surface area contributed by atoms with Crippen LogP contribution in [0.25, 0.3) is 0 Å². The highest BCUT2D eigenvalue weighted by Gasteiger charge is 2.10. The molecule has 0 aromatic heterocycles. The van der Waals surface area contributed by atoms with Crippen LogP contribution in [0.1, 0.15) is 6.42 Å². The summed E-state index contributed by atoms with van der Waals surface area (Å²) >= 11 is 5.67. The Morgan fingerprint density at radius 2 is 1.80 bits per heavy atom. The van der Waals surface area contributed by atoms with Gasteiger partial charge in [0.25, 0.3) is 0 Å². The van der Waals surface area contributed by atoms with Crippen molar-refractivity contribution in [2.75, 3.05) is 18.5 Å². The number of carbonyl (C=O) groups is 2. The summed E-state index contributed by atoms with van der Waals surface area (Å²) in [5, 5.41) is 19.4. The van der Waals surface area contributed by atoms with Crippen LogP contribution >= 0.6 is 11.6 Å². The lowest BCUT2D eigenvalue weighted by molar-refractivity contribution is -0.133. The van der Waals surface area contributed by atoms with Crippen LogP contribution in [0.5, 0.6) is 0 Å². The van der Waals surface area contributed by atoms with E-state index in [1.807, 2.05) is 0 Å². The van der Waals surface area contributed by atoms with Gasteiger partial charge in [-0.25, -0.2) is 4.79 Å². The number of nitrogens with one attached hydrogen (secondary N) is 1. The normalized spacial score (nSPS) is 9.15. The van der Waals surface area contributed by atoms with E-state index in [1.54, 1.807) is 24.3 Å². The molecule has 0 radical (unpaired) electrons. The van der Waals surface area contributed by atoms with E-state index in [0.717, 1.165) is 0 Å². The third kappa shape index (κ3) is 8.25. The van der Waals surface area contributed by atoms with E-state index in [1.165, 1.54) is 0 Å². The first-order valence-electron chi connectivity index (χ1n) is 5.68. The van der Waals surface area contributed by atoms with Crippen molar-refractivity contribution in [2.24, 2.45) is 5.73 Å². The zero-order valence-electron chi connectivity index (χ0n) is 10.8. The summed E-state index contributed by atoms with van der Waals surface area (Å²) < 4.78 is 0. The van der Waals surface area contributed by atoms with Crippen LogP contribution in [-0.2, 0) is 9.59 Å². The third-order valence-corrected chi connectivity index (χ3v) is 2.19. The second-order valence-corrected chi connectivity index (χ2v) is 4.09. The van der Waals surface area contributed by atoms with Gasteiger partial charge in [0.1, 0.15) is 0 Å². The Bertz CT molecular complexity index is 458. The Hall–Kier alpha value is -1.89. The molecule has 0 aliphatic carbocycles. The highest BCUT2D eigenvalue weighted by Crippen LogP contribution is 2.14. The maximum Gasteiger partial charge on any atom is 0.331 e. The maximum absolute atomic E-state index is 11.3. The molecule has 0 aliphatic heterocycles. The first kappa shape index (κ1) is 18.1. The minimum atomic E-state index is -1.17. The van der Waals surface area contributed by atoms with Gasteiger partial charge in [0, 0.05) is 22.8 Å². The minimum Gasteiger partial charge on any atom is -0.478 e. The summed E-state index contributed by atoms with van der Waals surface area (Å²) in [5.74, 6) is -1.60. The van der Waals surface area contributed by atoms with Crippen molar-refractivity contribution >= 4 is 29.2 Å². The van der Waals surface area contributed by atoms with Crippen molar-refractivity contribution in [3.8, 4) is 0 Å². The Morgan fingerprint density at radius 3 is 2.20 bits per heavy atom. The molecule has 1 aromatic carbocycles. The minimum absolute atomic E-state index is 0.0972. The molecule has 0 atom stereocenters. The summed E-state index contributed by atoms with van der Waals surface area (Å²) in [6, 6.07) is 6.51. The molecule has 0 fully saturated rings. The Morgan fingerprint density at radius 1 is 1.30 bits per heavy atom. The van der Waals surface area contributed by atoms with Crippen LogP contribution in [0.3, 0.4) is 0 Å². The SMILES string of the molecule is C=C(CC(=O)Nc1ccc(Cl)cc1)C(=O)O.NCCO. The molecule has 110 valence electrons. The van der Waals surface area contributed by atoms with Gasteiger partial charge in [-0.15, -0.1) is 0 Å². The Labute approximate surface area is 121 Å². The molecule has 0 bridgehead atoms. The van der Waals surface area contributed by atoms with Gasteiger partial charge in [0.05, 0.1) is 13.0 Å². The molecule has 0 spiro atoms. The number of aliphatic hydroxyl groups is 1. The number of hydrogen-bond acceptors (Lipinski definition) is 4. The lowest BCUT2D eigenvalue weighted by Crippen LogP contribution is -2.14. The van der Waals surface area contributed by atoms with Crippen molar-refractivity contribution < 1.29 is 19.8 Å². The summed E-state index contributed by atoms with van der Waals surface area (Å²) in [6.45, 7) is 3.74. The Balaban J connectivity index is 0.000000796. The van der Waals surface area contributed by atoms with E-state index in [-0.39, 0.29) is 18.6 Å². The van der Waals surface area contributed by atoms with Gasteiger partial charge in [-0.3, -0.25) is 4.79 Å². The predicted molar refractivity (Wildman–Crippen MR) is 77.6 cm³/mol. The number of aliphatic hydroxyl groups excluding tert-OH is 1. The summed E-state index contributed by atoms with van der Waals surface area (Å²) in [7, 11) is 0. The number of rotatable bonds is 5. The van der Waals surface area contributed by atoms with E-state index in [9.17, 15) is 9.59 Å². The summed E-state index contributed by atoms with van der Waals surface area (Å²) in [6.07, 6.45) is -0.238. The quantitative estimate of drug-likeness (QED) is 0.611. The predicted octanol–water partition coefficient (Wildman–Crippen LogP) is 1.25. The highest BCUT2D eigenvalue weighted by molar-refractivity contribution is 6.30. The average molecular weight is 301 g/mol. The van der Waals surface area contributed by atoms with E-state index in [4.69, 9.17) is 27.5 Å². The average Bonchev–Trinajstić information content (AvgIpc) is 2.41. The topological polar surface area (TPSA) is 113 Å². The van der Waals surface area contributed by atoms with Gasteiger partial charge in [-0.1, -0.05) is 18.2 Å². The summed E-state index contributed by atoms with van der Waals surface area (Å²) in [5.41, 5.74) is 5.19. The molecule has 7 heteroatoms. The molecule has 20 heavy (non-hydrogen) atoms. The molecule has 1 amide bonds. The second kappa shape index (κ2) is 9.96. The fraction of sp³-hybridized carbons (Fsp3) is 0.231. The fourth-order valence-electron chi connectivity index (χ4n) is 1.01. The molecule has 0 heterocycles. The largest absolute Gasteiger partial charge is 0.478 e. The lowest BCUT2D eigenvalue weighted by atomic mass is 10.2. The van der Waals surface area contributed by atoms with Crippen LogP contribution < -0.4 is 11.1 Å². The summed E-state index contributed by atoms with van der Waals surface area (Å²) in [4.78, 5) is 21.8. The van der Waals surface area contributed by atoms with Crippen molar-refractivity contribution in [1.29, 1.82) is 0 Å². The van der Waals surface area contributed by atoms with Crippen LogP contribution in [-0.4, -0.2) is 35.2 Å². The number of anilines is 1. The number of carboxylic acids is 1. The maximum atomic E-state index is 11.3. The molecular formula is C13H17ClN2O4. The van der Waals surface area contributed by atoms with Crippen molar-refractivity contribution in [3.63, 3.8) is 0 Å². The van der Waals surface area contributed by atoms with Gasteiger partial charge < -0.3 is 21.3 Å². The van der Waals surface area contributed by atoms with Gasteiger partial charge in [0.2, 0.25) is 5.91 Å². The third-order valence-electron chi connectivity index (χ3n) is 1.93. The van der Waals surface area contributed by atoms with E-state index in [0.29, 0.717) is 17.3 Å². The van der Waals surface area contributed by atoms with Gasteiger partial charge in [-0.2, -0.15) is 0 Å². The second-order valence-electron chi connectivity index (χ2n) is 3.65. The van der Waals surface area contributed by atoms with E-state index in [2.05, 4.69) is 11.9 Å². The number of amides is 1. The zero-order valence-corrected chi connectivity index (χ0v) is 11.6. The first-order valence-corrected chi connectivity index (χ1v) is 6.06. The molecule has 0 unspecified atom stereocenters. The molecule has 0 saturated heterocycles. The smallest absolute Gasteiger partial charge is 0.331 e. The van der Waals surface area contributed by atoms with Gasteiger partial charge >= 0.3 is 5.97 Å². The first-order chi connectivity index (χ1) is 9.40. The molecule has 5 N–H and O–H groups in total. The number of halogens is 1. The standard InChI is InChI=1S/C11H10ClNO3.C2H7NO/c1-7(11(15)16)6-10(14)13-9-4-2-8(12)3-5-9;3-1-2-4/h2-5H,1,6H2,(H,13,14)(H,15,16);4H,1-3H2. The van der Waals surface area contributed by atoms with E-state index >= 15 is 0 Å². The fourth-order valence-corrected chi connectivity index (χ4v) is 1.13. The van der Waals surface area contributed by atoms with Crippen molar-refractivity contribution in [3.05, 3.63) is 41.4 Å². The van der Waals surface area contributed by atoms with Crippen molar-refractivity contribution in [2.45, 2.75) is 6.42 Å². The van der Waals surface area contributed by atoms with E-state index < -0.39 is 11.9 Å². The molecule has 1 rings (SSSR count). The number of aliphatic carboxylic acids is 1. The highest BCUT2D eigenvalue weighted by atomic mass is 35.5. The number of nitrogens with two attached hydrogens (primary N) is 1. The number of hydrogen-bond donors (Lipinski definition) is 4. The number of carbonyl (C=O) groups excluding carboxylic acids is 1. The lowest BCUT2D eigenvalue weighted by Gasteiger charge is -2.04. The van der Waals surface area contributed by atoms with Crippen LogP contribution in [0.15, 0.2) is 36.4 Å². The van der Waals surface area contributed by atoms with Crippen LogP contribution in [0.2, 0.25) is 5.02 Å². The van der Waals surface area contributed by atoms with Crippen LogP contribution in [0, 0.1) is 0 Å². The monoisotopic (exact) mass is 300 g/mol. The molecular weight excluding hydrogens is 284 g/mol. The van der Waals surface area contributed by atoms with Crippen LogP contribution in [0.4, 0.5) is 5.69 Å². The number of benzene rings is 1. The van der Waals surface area contributed by atoms with Gasteiger partial charge in [0.15, 0.2) is 0 Å². The molecule has 1 aromatic rings. The van der Waals surface area contributed by atoms with Crippen molar-refractivity contribution in [1.82, 2.24) is 0 Å². The van der Waals surface area contributed by atoms with Gasteiger partial charge in [-0.05, 0) is 24.3 Å². The molecule has 6 nitrogen and oxygen atoms in total. The number of carboxylic acid groups (broad SMARTS) is 1. The zero-order chi connectivity index (χ0) is 15.5. The molecule has 0 aliphatic rings. The molecule has 0 saturated carbocycles.